The van der Waals surface area contributed by atoms with Gasteiger partial charge in [-0.3, -0.25) is 0 Å². The number of anilines is 1. The standard InChI is InChI=1S/C12H18BrNO2/c1-3-14(6-7-15)12-5-4-10(9(2)16)8-11(12)13/h4-5,8-9,15-16H,3,6-7H2,1-2H3/t9-/m0/s1. The molecule has 0 aromatic heterocycles. The lowest BCUT2D eigenvalue weighted by atomic mass is 10.1. The Morgan fingerprint density at radius 2 is 2.12 bits per heavy atom. The van der Waals surface area contributed by atoms with Crippen LogP contribution in [0.2, 0.25) is 0 Å². The Bertz CT molecular complexity index is 342. The fourth-order valence-corrected chi connectivity index (χ4v) is 2.26. The lowest BCUT2D eigenvalue weighted by molar-refractivity contribution is 0.199. The van der Waals surface area contributed by atoms with Crippen LogP contribution in [0, 0.1) is 0 Å². The highest BCUT2D eigenvalue weighted by atomic mass is 79.9. The van der Waals surface area contributed by atoms with Crippen LogP contribution in [0.1, 0.15) is 25.5 Å². The lowest BCUT2D eigenvalue weighted by Crippen LogP contribution is -2.26. The summed E-state index contributed by atoms with van der Waals surface area (Å²) in [6, 6.07) is 5.79. The largest absolute Gasteiger partial charge is 0.395 e. The SMILES string of the molecule is CCN(CCO)c1ccc([C@H](C)O)cc1Br. The minimum atomic E-state index is -0.460. The predicted octanol–water partition coefficient (Wildman–Crippen LogP) is 2.32. The van der Waals surface area contributed by atoms with E-state index in [4.69, 9.17) is 5.11 Å². The molecule has 0 saturated heterocycles. The molecule has 0 aliphatic heterocycles. The summed E-state index contributed by atoms with van der Waals surface area (Å²) >= 11 is 3.49. The van der Waals surface area contributed by atoms with Crippen LogP contribution in [0.25, 0.3) is 0 Å². The van der Waals surface area contributed by atoms with Gasteiger partial charge >= 0.3 is 0 Å². The van der Waals surface area contributed by atoms with Gasteiger partial charge in [-0.25, -0.2) is 0 Å². The van der Waals surface area contributed by atoms with E-state index in [1.165, 1.54) is 0 Å². The summed E-state index contributed by atoms with van der Waals surface area (Å²) in [5, 5.41) is 18.4. The molecule has 1 aromatic rings. The molecule has 0 heterocycles. The third kappa shape index (κ3) is 3.20. The normalized spacial score (nSPS) is 12.6. The van der Waals surface area contributed by atoms with Crippen molar-refractivity contribution in [3.05, 3.63) is 28.2 Å². The molecule has 1 aromatic carbocycles. The van der Waals surface area contributed by atoms with Crippen molar-refractivity contribution < 1.29 is 10.2 Å². The second-order valence-electron chi connectivity index (χ2n) is 3.69. The van der Waals surface area contributed by atoms with Gasteiger partial charge in [0.1, 0.15) is 0 Å². The molecule has 1 atom stereocenters. The van der Waals surface area contributed by atoms with E-state index in [0.29, 0.717) is 6.54 Å². The van der Waals surface area contributed by atoms with E-state index in [1.54, 1.807) is 6.92 Å². The van der Waals surface area contributed by atoms with Crippen LogP contribution in [0.5, 0.6) is 0 Å². The Kier molecular flexibility index (Phi) is 5.25. The fourth-order valence-electron chi connectivity index (χ4n) is 1.61. The molecule has 0 spiro atoms. The summed E-state index contributed by atoms with van der Waals surface area (Å²) in [7, 11) is 0. The zero-order valence-corrected chi connectivity index (χ0v) is 11.2. The molecule has 4 heteroatoms. The van der Waals surface area contributed by atoms with Crippen LogP contribution >= 0.6 is 15.9 Å². The lowest BCUT2D eigenvalue weighted by Gasteiger charge is -2.24. The van der Waals surface area contributed by atoms with Gasteiger partial charge in [-0.2, -0.15) is 0 Å². The van der Waals surface area contributed by atoms with Crippen molar-refractivity contribution in [3.8, 4) is 0 Å². The van der Waals surface area contributed by atoms with E-state index in [1.807, 2.05) is 25.1 Å². The van der Waals surface area contributed by atoms with Crippen molar-refractivity contribution in [1.82, 2.24) is 0 Å². The first kappa shape index (κ1) is 13.5. The molecular weight excluding hydrogens is 270 g/mol. The van der Waals surface area contributed by atoms with Gasteiger partial charge in [0.15, 0.2) is 0 Å². The van der Waals surface area contributed by atoms with Crippen molar-refractivity contribution in [3.63, 3.8) is 0 Å². The maximum Gasteiger partial charge on any atom is 0.0762 e. The molecule has 0 saturated carbocycles. The summed E-state index contributed by atoms with van der Waals surface area (Å²) < 4.78 is 0.946. The molecular formula is C12H18BrNO2. The van der Waals surface area contributed by atoms with Crippen molar-refractivity contribution in [2.75, 3.05) is 24.6 Å². The maximum atomic E-state index is 9.46. The van der Waals surface area contributed by atoms with Gasteiger partial charge in [0, 0.05) is 17.6 Å². The minimum absolute atomic E-state index is 0.137. The fraction of sp³-hybridized carbons (Fsp3) is 0.500. The monoisotopic (exact) mass is 287 g/mol. The number of hydrogen-bond donors (Lipinski definition) is 2. The highest BCUT2D eigenvalue weighted by Crippen LogP contribution is 2.29. The summed E-state index contributed by atoms with van der Waals surface area (Å²) in [5.41, 5.74) is 1.93. The van der Waals surface area contributed by atoms with Gasteiger partial charge in [-0.1, -0.05) is 6.07 Å². The second kappa shape index (κ2) is 6.23. The Hall–Kier alpha value is -0.580. The van der Waals surface area contributed by atoms with Gasteiger partial charge in [0.05, 0.1) is 18.4 Å². The van der Waals surface area contributed by atoms with Crippen LogP contribution in [-0.2, 0) is 0 Å². The highest BCUT2D eigenvalue weighted by molar-refractivity contribution is 9.10. The third-order valence-electron chi connectivity index (χ3n) is 2.55. The number of aliphatic hydroxyl groups is 2. The van der Waals surface area contributed by atoms with E-state index < -0.39 is 6.10 Å². The molecule has 16 heavy (non-hydrogen) atoms. The summed E-state index contributed by atoms with van der Waals surface area (Å²) in [4.78, 5) is 2.08. The van der Waals surface area contributed by atoms with Crippen molar-refractivity contribution in [1.29, 1.82) is 0 Å². The molecule has 90 valence electrons. The van der Waals surface area contributed by atoms with E-state index >= 15 is 0 Å². The van der Waals surface area contributed by atoms with Crippen molar-refractivity contribution in [2.24, 2.45) is 0 Å². The van der Waals surface area contributed by atoms with Gasteiger partial charge in [-0.05, 0) is 47.5 Å². The smallest absolute Gasteiger partial charge is 0.0762 e. The highest BCUT2D eigenvalue weighted by Gasteiger charge is 2.10. The predicted molar refractivity (Wildman–Crippen MR) is 69.7 cm³/mol. The van der Waals surface area contributed by atoms with Crippen LogP contribution in [0.3, 0.4) is 0 Å². The number of rotatable bonds is 5. The Balaban J connectivity index is 2.96. The average Bonchev–Trinajstić information content (AvgIpc) is 2.26. The number of aliphatic hydroxyl groups excluding tert-OH is 2. The first-order chi connectivity index (χ1) is 7.60. The van der Waals surface area contributed by atoms with Gasteiger partial charge in [-0.15, -0.1) is 0 Å². The average molecular weight is 288 g/mol. The van der Waals surface area contributed by atoms with E-state index in [0.717, 1.165) is 22.3 Å². The molecule has 3 nitrogen and oxygen atoms in total. The molecule has 0 radical (unpaired) electrons. The molecule has 0 amide bonds. The third-order valence-corrected chi connectivity index (χ3v) is 3.18. The molecule has 2 N–H and O–H groups in total. The van der Waals surface area contributed by atoms with Crippen LogP contribution < -0.4 is 4.90 Å². The zero-order chi connectivity index (χ0) is 12.1. The maximum absolute atomic E-state index is 9.46. The van der Waals surface area contributed by atoms with Gasteiger partial charge in [0.25, 0.3) is 0 Å². The number of halogens is 1. The van der Waals surface area contributed by atoms with Gasteiger partial charge in [0.2, 0.25) is 0 Å². The van der Waals surface area contributed by atoms with E-state index in [-0.39, 0.29) is 6.61 Å². The first-order valence-corrected chi connectivity index (χ1v) is 6.22. The zero-order valence-electron chi connectivity index (χ0n) is 9.65. The summed E-state index contributed by atoms with van der Waals surface area (Å²) in [6.07, 6.45) is -0.460. The summed E-state index contributed by atoms with van der Waals surface area (Å²) in [5.74, 6) is 0. The number of likely N-dealkylation sites (N-methyl/N-ethyl adjacent to an activating group) is 1. The minimum Gasteiger partial charge on any atom is -0.395 e. The topological polar surface area (TPSA) is 43.7 Å². The molecule has 0 fully saturated rings. The second-order valence-corrected chi connectivity index (χ2v) is 4.54. The number of hydrogen-bond acceptors (Lipinski definition) is 3. The van der Waals surface area contributed by atoms with Crippen LogP contribution in [0.4, 0.5) is 5.69 Å². The van der Waals surface area contributed by atoms with Crippen LogP contribution in [0.15, 0.2) is 22.7 Å². The molecule has 0 bridgehead atoms. The first-order valence-electron chi connectivity index (χ1n) is 5.43. The Labute approximate surface area is 105 Å². The van der Waals surface area contributed by atoms with Crippen molar-refractivity contribution >= 4 is 21.6 Å². The van der Waals surface area contributed by atoms with Crippen molar-refractivity contribution in [2.45, 2.75) is 20.0 Å². The molecule has 0 unspecified atom stereocenters. The number of benzene rings is 1. The van der Waals surface area contributed by atoms with Crippen LogP contribution in [-0.4, -0.2) is 29.9 Å². The molecule has 0 aliphatic carbocycles. The Morgan fingerprint density at radius 3 is 2.56 bits per heavy atom. The molecule has 0 aliphatic rings. The molecule has 1 rings (SSSR count). The Morgan fingerprint density at radius 1 is 1.44 bits per heavy atom. The quantitative estimate of drug-likeness (QED) is 0.874. The van der Waals surface area contributed by atoms with E-state index in [9.17, 15) is 5.11 Å². The van der Waals surface area contributed by atoms with E-state index in [2.05, 4.69) is 20.8 Å². The summed E-state index contributed by atoms with van der Waals surface area (Å²) in [6.45, 7) is 5.38. The van der Waals surface area contributed by atoms with Gasteiger partial charge < -0.3 is 15.1 Å². The number of nitrogens with zero attached hydrogens (tertiary/aromatic N) is 1.